The molecular weight excluding hydrogens is 216 g/mol. The maximum atomic E-state index is 12.1. The Balaban J connectivity index is 1.85. The normalized spacial score (nSPS) is 30.1. The Morgan fingerprint density at radius 1 is 1.21 bits per heavy atom. The standard InChI is InChI=1S/C10H16O2S2/c11-10(8-1-3-12-4-2-8)9-7-13-5-6-14-9/h8-9H,1-7H2. The predicted octanol–water partition coefficient (Wildman–Crippen LogP) is 1.83. The van der Waals surface area contributed by atoms with E-state index in [1.165, 1.54) is 5.75 Å². The molecule has 0 aromatic heterocycles. The lowest BCUT2D eigenvalue weighted by Crippen LogP contribution is -2.33. The molecule has 2 saturated heterocycles. The summed E-state index contributed by atoms with van der Waals surface area (Å²) >= 11 is 3.78. The monoisotopic (exact) mass is 232 g/mol. The van der Waals surface area contributed by atoms with Crippen molar-refractivity contribution in [3.8, 4) is 0 Å². The molecule has 0 spiro atoms. The number of hydrogen-bond donors (Lipinski definition) is 0. The maximum Gasteiger partial charge on any atom is 0.149 e. The molecule has 80 valence electrons. The van der Waals surface area contributed by atoms with Crippen LogP contribution in [0.1, 0.15) is 12.8 Å². The number of hydrogen-bond acceptors (Lipinski definition) is 4. The van der Waals surface area contributed by atoms with E-state index in [4.69, 9.17) is 4.74 Å². The van der Waals surface area contributed by atoms with Crippen LogP contribution in [0.2, 0.25) is 0 Å². The van der Waals surface area contributed by atoms with Gasteiger partial charge in [0.05, 0.1) is 5.25 Å². The molecule has 0 bridgehead atoms. The molecule has 1 unspecified atom stereocenters. The van der Waals surface area contributed by atoms with Gasteiger partial charge >= 0.3 is 0 Å². The van der Waals surface area contributed by atoms with E-state index < -0.39 is 0 Å². The summed E-state index contributed by atoms with van der Waals surface area (Å²) < 4.78 is 5.27. The Kier molecular flexibility index (Phi) is 4.20. The van der Waals surface area contributed by atoms with Gasteiger partial charge in [-0.25, -0.2) is 0 Å². The highest BCUT2D eigenvalue weighted by molar-refractivity contribution is 8.07. The molecule has 2 heterocycles. The fraction of sp³-hybridized carbons (Fsp3) is 0.900. The molecule has 0 N–H and O–H groups in total. The van der Waals surface area contributed by atoms with Crippen LogP contribution >= 0.6 is 23.5 Å². The average molecular weight is 232 g/mol. The number of ketones is 1. The van der Waals surface area contributed by atoms with Gasteiger partial charge in [-0.2, -0.15) is 11.8 Å². The van der Waals surface area contributed by atoms with Crippen molar-refractivity contribution in [2.24, 2.45) is 5.92 Å². The zero-order chi connectivity index (χ0) is 9.80. The second kappa shape index (κ2) is 5.42. The molecular formula is C10H16O2S2. The number of carbonyl (C=O) groups excluding carboxylic acids is 1. The predicted molar refractivity (Wildman–Crippen MR) is 62.1 cm³/mol. The molecule has 2 rings (SSSR count). The Hall–Kier alpha value is 0.330. The molecule has 2 aliphatic heterocycles. The lowest BCUT2D eigenvalue weighted by molar-refractivity contribution is -0.124. The van der Waals surface area contributed by atoms with E-state index in [1.807, 2.05) is 23.5 Å². The molecule has 2 nitrogen and oxygen atoms in total. The molecule has 0 amide bonds. The third-order valence-corrected chi connectivity index (χ3v) is 5.53. The van der Waals surface area contributed by atoms with Crippen molar-refractivity contribution in [1.29, 1.82) is 0 Å². The van der Waals surface area contributed by atoms with Crippen molar-refractivity contribution < 1.29 is 9.53 Å². The van der Waals surface area contributed by atoms with Gasteiger partial charge in [-0.3, -0.25) is 4.79 Å². The van der Waals surface area contributed by atoms with Gasteiger partial charge in [0.15, 0.2) is 0 Å². The second-order valence-electron chi connectivity index (χ2n) is 3.72. The van der Waals surface area contributed by atoms with Crippen molar-refractivity contribution >= 4 is 29.3 Å². The van der Waals surface area contributed by atoms with Crippen LogP contribution in [-0.2, 0) is 9.53 Å². The summed E-state index contributed by atoms with van der Waals surface area (Å²) in [5, 5.41) is 0.275. The smallest absolute Gasteiger partial charge is 0.149 e. The largest absolute Gasteiger partial charge is 0.381 e. The SMILES string of the molecule is O=C(C1CCOCC1)C1CSCCS1. The molecule has 0 saturated carbocycles. The van der Waals surface area contributed by atoms with Gasteiger partial charge in [0.1, 0.15) is 5.78 Å². The van der Waals surface area contributed by atoms with Gasteiger partial charge in [-0.05, 0) is 12.8 Å². The first-order valence-electron chi connectivity index (χ1n) is 5.19. The quantitative estimate of drug-likeness (QED) is 0.725. The number of rotatable bonds is 2. The summed E-state index contributed by atoms with van der Waals surface area (Å²) in [6, 6.07) is 0. The Bertz CT molecular complexity index is 176. The maximum absolute atomic E-state index is 12.1. The van der Waals surface area contributed by atoms with Crippen molar-refractivity contribution in [2.45, 2.75) is 18.1 Å². The van der Waals surface area contributed by atoms with Crippen LogP contribution in [0.25, 0.3) is 0 Å². The zero-order valence-electron chi connectivity index (χ0n) is 8.24. The summed E-state index contributed by atoms with van der Waals surface area (Å²) in [5.41, 5.74) is 0. The third kappa shape index (κ3) is 2.67. The van der Waals surface area contributed by atoms with E-state index in [1.54, 1.807) is 0 Å². The number of thioether (sulfide) groups is 2. The van der Waals surface area contributed by atoms with Crippen molar-refractivity contribution in [2.75, 3.05) is 30.5 Å². The molecule has 0 radical (unpaired) electrons. The topological polar surface area (TPSA) is 26.3 Å². The van der Waals surface area contributed by atoms with E-state index in [0.29, 0.717) is 11.7 Å². The van der Waals surface area contributed by atoms with Crippen LogP contribution in [0.4, 0.5) is 0 Å². The number of ether oxygens (including phenoxy) is 1. The Morgan fingerprint density at radius 3 is 2.64 bits per heavy atom. The fourth-order valence-corrected chi connectivity index (χ4v) is 4.61. The van der Waals surface area contributed by atoms with E-state index in [-0.39, 0.29) is 5.25 Å². The molecule has 2 fully saturated rings. The molecule has 14 heavy (non-hydrogen) atoms. The van der Waals surface area contributed by atoms with Crippen molar-refractivity contribution in [1.82, 2.24) is 0 Å². The molecule has 0 aliphatic carbocycles. The minimum absolute atomic E-state index is 0.275. The Labute approximate surface area is 93.5 Å². The van der Waals surface area contributed by atoms with Gasteiger partial charge in [-0.1, -0.05) is 0 Å². The second-order valence-corrected chi connectivity index (χ2v) is 6.18. The zero-order valence-corrected chi connectivity index (χ0v) is 9.87. The van der Waals surface area contributed by atoms with Gasteiger partial charge in [0, 0.05) is 36.4 Å². The highest BCUT2D eigenvalue weighted by Crippen LogP contribution is 2.29. The summed E-state index contributed by atoms with van der Waals surface area (Å²) in [5.74, 6) is 4.17. The van der Waals surface area contributed by atoms with E-state index in [9.17, 15) is 4.79 Å². The van der Waals surface area contributed by atoms with Crippen LogP contribution in [0.5, 0.6) is 0 Å². The average Bonchev–Trinajstić information content (AvgIpc) is 2.30. The van der Waals surface area contributed by atoms with E-state index >= 15 is 0 Å². The van der Waals surface area contributed by atoms with Gasteiger partial charge in [0.25, 0.3) is 0 Å². The lowest BCUT2D eigenvalue weighted by atomic mass is 9.94. The fourth-order valence-electron chi connectivity index (χ4n) is 1.90. The minimum Gasteiger partial charge on any atom is -0.381 e. The first kappa shape index (κ1) is 10.8. The highest BCUT2D eigenvalue weighted by Gasteiger charge is 2.29. The first-order valence-corrected chi connectivity index (χ1v) is 7.39. The molecule has 4 heteroatoms. The van der Waals surface area contributed by atoms with Crippen LogP contribution in [0.3, 0.4) is 0 Å². The highest BCUT2D eigenvalue weighted by atomic mass is 32.2. The summed E-state index contributed by atoms with van der Waals surface area (Å²) in [6.45, 7) is 1.56. The van der Waals surface area contributed by atoms with Crippen LogP contribution in [0.15, 0.2) is 0 Å². The molecule has 1 atom stereocenters. The van der Waals surface area contributed by atoms with Crippen LogP contribution < -0.4 is 0 Å². The van der Waals surface area contributed by atoms with Crippen molar-refractivity contribution in [3.63, 3.8) is 0 Å². The number of Topliss-reactive ketones (excluding diaryl/α,β-unsaturated/α-hetero) is 1. The minimum atomic E-state index is 0.275. The molecule has 2 aliphatic rings. The lowest BCUT2D eigenvalue weighted by Gasteiger charge is -2.27. The Morgan fingerprint density at radius 2 is 2.00 bits per heavy atom. The van der Waals surface area contributed by atoms with Crippen molar-refractivity contribution in [3.05, 3.63) is 0 Å². The first-order chi connectivity index (χ1) is 6.88. The summed E-state index contributed by atoms with van der Waals surface area (Å²) in [4.78, 5) is 12.1. The molecule has 0 aromatic rings. The van der Waals surface area contributed by atoms with Crippen LogP contribution in [0, 0.1) is 5.92 Å². The summed E-state index contributed by atoms with van der Waals surface area (Å²) in [6.07, 6.45) is 1.89. The van der Waals surface area contributed by atoms with Crippen LogP contribution in [-0.4, -0.2) is 41.5 Å². The van der Waals surface area contributed by atoms with E-state index in [0.717, 1.165) is 37.6 Å². The molecule has 0 aromatic carbocycles. The summed E-state index contributed by atoms with van der Waals surface area (Å²) in [7, 11) is 0. The third-order valence-electron chi connectivity index (χ3n) is 2.76. The van der Waals surface area contributed by atoms with Gasteiger partial charge in [0.2, 0.25) is 0 Å². The van der Waals surface area contributed by atoms with Gasteiger partial charge in [-0.15, -0.1) is 11.8 Å². The number of carbonyl (C=O) groups is 1. The van der Waals surface area contributed by atoms with E-state index in [2.05, 4.69) is 0 Å². The van der Waals surface area contributed by atoms with Gasteiger partial charge < -0.3 is 4.74 Å².